The molecule has 0 saturated heterocycles. The molecule has 5 heteroatoms. The molecule has 4 nitrogen and oxygen atoms in total. The van der Waals surface area contributed by atoms with E-state index in [1.54, 1.807) is 0 Å². The fourth-order valence-electron chi connectivity index (χ4n) is 3.46. The van der Waals surface area contributed by atoms with E-state index in [0.717, 1.165) is 18.6 Å². The first-order valence-corrected chi connectivity index (χ1v) is 13.1. The molecule has 29 heavy (non-hydrogen) atoms. The van der Waals surface area contributed by atoms with Crippen LogP contribution in [0.4, 0.5) is 0 Å². The van der Waals surface area contributed by atoms with Crippen LogP contribution in [-0.4, -0.2) is 24.8 Å². The van der Waals surface area contributed by atoms with E-state index in [4.69, 9.17) is 9.29 Å². The van der Waals surface area contributed by atoms with Gasteiger partial charge in [0, 0.05) is 6.42 Å². The first kappa shape index (κ1) is 26.0. The van der Waals surface area contributed by atoms with Gasteiger partial charge in [0.2, 0.25) is 0 Å². The summed E-state index contributed by atoms with van der Waals surface area (Å²) < 4.78 is 37.3. The number of ether oxygens (including phenoxy) is 1. The molecule has 1 rings (SSSR count). The van der Waals surface area contributed by atoms with E-state index in [9.17, 15) is 8.42 Å². The molecule has 0 bridgehead atoms. The largest absolute Gasteiger partial charge is 0.494 e. The van der Waals surface area contributed by atoms with Crippen molar-refractivity contribution in [1.82, 2.24) is 0 Å². The molecule has 0 radical (unpaired) electrons. The Bertz CT molecular complexity index is 623. The summed E-state index contributed by atoms with van der Waals surface area (Å²) in [7, 11) is -3.99. The van der Waals surface area contributed by atoms with Crippen LogP contribution < -0.4 is 4.74 Å². The first-order valence-electron chi connectivity index (χ1n) is 11.6. The summed E-state index contributed by atoms with van der Waals surface area (Å²) in [5, 5.41) is -0.803. The van der Waals surface area contributed by atoms with E-state index in [2.05, 4.69) is 32.0 Å². The molecular formula is C24H42O4S. The predicted octanol–water partition coefficient (Wildman–Crippen LogP) is 6.76. The number of hydrogen-bond acceptors (Lipinski definition) is 3. The van der Waals surface area contributed by atoms with Crippen molar-refractivity contribution in [2.75, 3.05) is 6.61 Å². The van der Waals surface area contributed by atoms with Gasteiger partial charge in [-0.3, -0.25) is 4.55 Å². The summed E-state index contributed by atoms with van der Waals surface area (Å²) >= 11 is 0. The Hall–Kier alpha value is -1.07. The fraction of sp³-hybridized carbons (Fsp3) is 0.750. The molecule has 0 spiro atoms. The average molecular weight is 427 g/mol. The molecule has 0 amide bonds. The highest BCUT2D eigenvalue weighted by Gasteiger charge is 2.17. The molecule has 0 aliphatic rings. The Morgan fingerprint density at radius 1 is 0.828 bits per heavy atom. The van der Waals surface area contributed by atoms with Crippen LogP contribution in [0.2, 0.25) is 0 Å². The van der Waals surface area contributed by atoms with Crippen molar-refractivity contribution in [3.8, 4) is 5.75 Å². The Morgan fingerprint density at radius 3 is 1.76 bits per heavy atom. The molecule has 168 valence electrons. The smallest absolute Gasteiger partial charge is 0.267 e. The van der Waals surface area contributed by atoms with E-state index >= 15 is 0 Å². The van der Waals surface area contributed by atoms with Gasteiger partial charge in [-0.1, -0.05) is 71.3 Å². The highest BCUT2D eigenvalue weighted by Crippen LogP contribution is 2.22. The lowest BCUT2D eigenvalue weighted by Gasteiger charge is -2.13. The van der Waals surface area contributed by atoms with Crippen LogP contribution in [0.3, 0.4) is 0 Å². The van der Waals surface area contributed by atoms with Gasteiger partial charge in [0.05, 0.1) is 11.9 Å². The van der Waals surface area contributed by atoms with Crippen molar-refractivity contribution in [3.63, 3.8) is 0 Å². The number of benzene rings is 1. The van der Waals surface area contributed by atoms with Crippen LogP contribution in [0.5, 0.6) is 5.75 Å². The third kappa shape index (κ3) is 12.3. The lowest BCUT2D eigenvalue weighted by molar-refractivity contribution is 0.306. The summed E-state index contributed by atoms with van der Waals surface area (Å²) in [6.07, 6.45) is 15.0. The lowest BCUT2D eigenvalue weighted by Crippen LogP contribution is -2.19. The van der Waals surface area contributed by atoms with Gasteiger partial charge < -0.3 is 4.74 Å². The first-order chi connectivity index (χ1) is 13.9. The highest BCUT2D eigenvalue weighted by molar-refractivity contribution is 7.86. The second-order valence-electron chi connectivity index (χ2n) is 8.28. The van der Waals surface area contributed by atoms with Gasteiger partial charge in [0.25, 0.3) is 10.1 Å². The van der Waals surface area contributed by atoms with Gasteiger partial charge in [-0.15, -0.1) is 0 Å². The molecule has 1 aromatic rings. The summed E-state index contributed by atoms with van der Waals surface area (Å²) in [4.78, 5) is 0. The van der Waals surface area contributed by atoms with Crippen LogP contribution >= 0.6 is 0 Å². The van der Waals surface area contributed by atoms with Crippen molar-refractivity contribution in [2.45, 2.75) is 109 Å². The molecule has 1 aromatic carbocycles. The second-order valence-corrected chi connectivity index (χ2v) is 10.1. The fourth-order valence-corrected chi connectivity index (χ4v) is 3.85. The van der Waals surface area contributed by atoms with Crippen LogP contribution in [0.1, 0.15) is 103 Å². The van der Waals surface area contributed by atoms with Crippen molar-refractivity contribution < 1.29 is 17.7 Å². The van der Waals surface area contributed by atoms with Crippen molar-refractivity contribution in [2.24, 2.45) is 0 Å². The maximum absolute atomic E-state index is 11.2. The molecule has 0 heterocycles. The quantitative estimate of drug-likeness (QED) is 0.221. The van der Waals surface area contributed by atoms with Gasteiger partial charge in [-0.2, -0.15) is 8.42 Å². The maximum atomic E-state index is 11.2. The number of hydrogen-bond donors (Lipinski definition) is 1. The van der Waals surface area contributed by atoms with Crippen molar-refractivity contribution in [1.29, 1.82) is 0 Å². The normalized spacial score (nSPS) is 12.8. The molecule has 1 atom stereocenters. The monoisotopic (exact) mass is 426 g/mol. The van der Waals surface area contributed by atoms with Crippen molar-refractivity contribution in [3.05, 3.63) is 29.3 Å². The van der Waals surface area contributed by atoms with Crippen LogP contribution in [-0.2, 0) is 23.0 Å². The summed E-state index contributed by atoms with van der Waals surface area (Å²) in [5.74, 6) is 0.821. The van der Waals surface area contributed by atoms with Gasteiger partial charge in [-0.25, -0.2) is 0 Å². The van der Waals surface area contributed by atoms with Crippen molar-refractivity contribution >= 4 is 10.1 Å². The summed E-state index contributed by atoms with van der Waals surface area (Å²) in [5.41, 5.74) is 2.62. The van der Waals surface area contributed by atoms with Gasteiger partial charge in [0.1, 0.15) is 5.75 Å². The number of aryl methyl sites for hydroxylation is 2. The zero-order chi connectivity index (χ0) is 21.5. The molecule has 0 fully saturated rings. The zero-order valence-corrected chi connectivity index (χ0v) is 19.6. The predicted molar refractivity (Wildman–Crippen MR) is 122 cm³/mol. The number of unbranched alkanes of at least 4 members (excludes halogenated alkanes) is 8. The van der Waals surface area contributed by atoms with E-state index in [0.29, 0.717) is 0 Å². The molecular weight excluding hydrogens is 384 g/mol. The van der Waals surface area contributed by atoms with E-state index in [1.165, 1.54) is 82.3 Å². The van der Waals surface area contributed by atoms with Crippen LogP contribution in [0.15, 0.2) is 18.2 Å². The molecule has 0 aromatic heterocycles. The molecule has 1 N–H and O–H groups in total. The maximum Gasteiger partial charge on any atom is 0.267 e. The minimum Gasteiger partial charge on any atom is -0.494 e. The number of rotatable bonds is 17. The molecule has 0 aliphatic carbocycles. The minimum atomic E-state index is -3.99. The standard InChI is InChI=1S/C24H42O4S/c1-4-6-8-10-12-14-22-18-23(15-13-11-9-7-5-2)20-24(19-22)28-17-16-21(3)29(25,26)27/h18-21H,4-17H2,1-3H3,(H,25,26,27). The SMILES string of the molecule is CCCCCCCc1cc(CCCCCCC)cc(OCCC(C)S(=O)(=O)O)c1. The van der Waals surface area contributed by atoms with Crippen LogP contribution in [0.25, 0.3) is 0 Å². The molecule has 0 aliphatic heterocycles. The third-order valence-corrected chi connectivity index (χ3v) is 6.72. The lowest BCUT2D eigenvalue weighted by atomic mass is 9.99. The summed E-state index contributed by atoms with van der Waals surface area (Å²) in [6.45, 7) is 6.26. The van der Waals surface area contributed by atoms with Gasteiger partial charge in [-0.05, 0) is 55.9 Å². The van der Waals surface area contributed by atoms with E-state index < -0.39 is 15.4 Å². The third-order valence-electron chi connectivity index (χ3n) is 5.47. The average Bonchev–Trinajstić information content (AvgIpc) is 2.67. The van der Waals surface area contributed by atoms with Crippen LogP contribution in [0, 0.1) is 0 Å². The Morgan fingerprint density at radius 2 is 1.31 bits per heavy atom. The van der Waals surface area contributed by atoms with E-state index in [1.807, 2.05) is 0 Å². The van der Waals surface area contributed by atoms with Gasteiger partial charge >= 0.3 is 0 Å². The summed E-state index contributed by atoms with van der Waals surface area (Å²) in [6, 6.07) is 6.50. The molecule has 0 saturated carbocycles. The Kier molecular flexibility index (Phi) is 13.3. The second kappa shape index (κ2) is 14.8. The van der Waals surface area contributed by atoms with E-state index in [-0.39, 0.29) is 13.0 Å². The minimum absolute atomic E-state index is 0.284. The Balaban J connectivity index is 2.65. The van der Waals surface area contributed by atoms with Gasteiger partial charge in [0.15, 0.2) is 0 Å². The Labute approximate surface area is 179 Å². The molecule has 1 unspecified atom stereocenters. The highest BCUT2D eigenvalue weighted by atomic mass is 32.2. The zero-order valence-electron chi connectivity index (χ0n) is 18.8. The topological polar surface area (TPSA) is 63.6 Å².